The van der Waals surface area contributed by atoms with Gasteiger partial charge in [0.25, 0.3) is 5.91 Å². The third-order valence-corrected chi connectivity index (χ3v) is 4.07. The maximum atomic E-state index is 12.9. The van der Waals surface area contributed by atoms with Crippen LogP contribution in [0.4, 0.5) is 0 Å². The summed E-state index contributed by atoms with van der Waals surface area (Å²) in [5, 5.41) is 13.7. The van der Waals surface area contributed by atoms with Crippen LogP contribution in [-0.2, 0) is 0 Å². The van der Waals surface area contributed by atoms with Gasteiger partial charge < -0.3 is 10.0 Å². The lowest BCUT2D eigenvalue weighted by Gasteiger charge is -2.35. The number of carbonyl (C=O) groups excluding carboxylic acids is 1. The second-order valence-corrected chi connectivity index (χ2v) is 5.91. The predicted octanol–water partition coefficient (Wildman–Crippen LogP) is 1.01. The molecule has 1 aliphatic rings. The zero-order valence-corrected chi connectivity index (χ0v) is 13.3. The Morgan fingerprint density at radius 2 is 1.96 bits per heavy atom. The van der Waals surface area contributed by atoms with Gasteiger partial charge >= 0.3 is 0 Å². The summed E-state index contributed by atoms with van der Waals surface area (Å²) in [5.74, 6) is 0.0350. The molecule has 3 rings (SSSR count). The van der Waals surface area contributed by atoms with E-state index in [4.69, 9.17) is 0 Å². The molecule has 2 heterocycles. The minimum atomic E-state index is -0.335. The van der Waals surface area contributed by atoms with E-state index >= 15 is 0 Å². The molecule has 6 nitrogen and oxygen atoms in total. The maximum absolute atomic E-state index is 12.9. The van der Waals surface area contributed by atoms with E-state index in [0.29, 0.717) is 25.2 Å². The molecule has 122 valence electrons. The lowest BCUT2D eigenvalue weighted by atomic mass is 10.1. The van der Waals surface area contributed by atoms with Crippen LogP contribution in [0.15, 0.2) is 42.7 Å². The summed E-state index contributed by atoms with van der Waals surface area (Å²) in [6.07, 6.45) is 3.21. The van der Waals surface area contributed by atoms with E-state index in [-0.39, 0.29) is 12.0 Å². The number of aliphatic hydroxyl groups excluding tert-OH is 1. The Morgan fingerprint density at radius 3 is 2.61 bits per heavy atom. The number of benzene rings is 1. The Balaban J connectivity index is 1.73. The summed E-state index contributed by atoms with van der Waals surface area (Å²) < 4.78 is 1.72. The van der Waals surface area contributed by atoms with E-state index in [1.165, 1.54) is 0 Å². The minimum Gasteiger partial charge on any atom is -0.392 e. The van der Waals surface area contributed by atoms with Gasteiger partial charge in [-0.2, -0.15) is 5.10 Å². The van der Waals surface area contributed by atoms with E-state index in [1.807, 2.05) is 41.4 Å². The first kappa shape index (κ1) is 15.7. The van der Waals surface area contributed by atoms with Gasteiger partial charge in [0.05, 0.1) is 17.4 Å². The Labute approximate surface area is 135 Å². The first-order valence-corrected chi connectivity index (χ1v) is 7.94. The number of β-amino-alcohol motifs (C(OH)–C–C–N with tert-alkyl or cyclic N) is 1. The van der Waals surface area contributed by atoms with E-state index in [0.717, 1.165) is 18.8 Å². The third kappa shape index (κ3) is 3.60. The van der Waals surface area contributed by atoms with Crippen LogP contribution in [0.25, 0.3) is 5.69 Å². The number of hydrogen-bond donors (Lipinski definition) is 1. The first-order valence-electron chi connectivity index (χ1n) is 7.94. The lowest BCUT2D eigenvalue weighted by Crippen LogP contribution is -2.50. The molecule has 1 N–H and O–H groups in total. The van der Waals surface area contributed by atoms with Crippen molar-refractivity contribution in [3.8, 4) is 5.69 Å². The van der Waals surface area contributed by atoms with Crippen molar-refractivity contribution in [2.24, 2.45) is 0 Å². The van der Waals surface area contributed by atoms with Crippen molar-refractivity contribution < 1.29 is 9.90 Å². The molecule has 1 unspecified atom stereocenters. The van der Waals surface area contributed by atoms with Crippen LogP contribution in [0, 0.1) is 0 Å². The molecule has 1 aromatic carbocycles. The highest BCUT2D eigenvalue weighted by Gasteiger charge is 2.24. The van der Waals surface area contributed by atoms with Crippen molar-refractivity contribution in [2.45, 2.75) is 13.0 Å². The number of aliphatic hydroxyl groups is 1. The van der Waals surface area contributed by atoms with Gasteiger partial charge in [0.15, 0.2) is 0 Å². The van der Waals surface area contributed by atoms with Gasteiger partial charge in [0.1, 0.15) is 0 Å². The van der Waals surface area contributed by atoms with Crippen molar-refractivity contribution >= 4 is 5.91 Å². The van der Waals surface area contributed by atoms with Crippen LogP contribution in [0.1, 0.15) is 17.3 Å². The van der Waals surface area contributed by atoms with Crippen LogP contribution in [-0.4, -0.2) is 69.4 Å². The summed E-state index contributed by atoms with van der Waals surface area (Å²) in [6, 6.07) is 9.39. The monoisotopic (exact) mass is 314 g/mol. The van der Waals surface area contributed by atoms with Crippen LogP contribution >= 0.6 is 0 Å². The van der Waals surface area contributed by atoms with Gasteiger partial charge in [0, 0.05) is 45.1 Å². The molecule has 1 atom stereocenters. The normalized spacial score (nSPS) is 17.2. The van der Waals surface area contributed by atoms with Crippen molar-refractivity contribution in [3.63, 3.8) is 0 Å². The van der Waals surface area contributed by atoms with Crippen LogP contribution < -0.4 is 0 Å². The highest BCUT2D eigenvalue weighted by atomic mass is 16.3. The second-order valence-electron chi connectivity index (χ2n) is 5.91. The zero-order chi connectivity index (χ0) is 16.2. The fourth-order valence-electron chi connectivity index (χ4n) is 2.94. The Hall–Kier alpha value is -2.18. The van der Waals surface area contributed by atoms with Crippen LogP contribution in [0.2, 0.25) is 0 Å². The fraction of sp³-hybridized carbons (Fsp3) is 0.412. The molecule has 1 aromatic heterocycles. The van der Waals surface area contributed by atoms with Crippen molar-refractivity contribution in [1.29, 1.82) is 0 Å². The number of amides is 1. The van der Waals surface area contributed by atoms with Gasteiger partial charge in [-0.3, -0.25) is 9.69 Å². The number of rotatable bonds is 4. The van der Waals surface area contributed by atoms with Crippen LogP contribution in [0.5, 0.6) is 0 Å². The topological polar surface area (TPSA) is 61.6 Å². The Bertz CT molecular complexity index is 646. The number of hydrogen-bond acceptors (Lipinski definition) is 4. The molecule has 1 fully saturated rings. The quantitative estimate of drug-likeness (QED) is 0.915. The van der Waals surface area contributed by atoms with E-state index in [2.05, 4.69) is 10.00 Å². The molecule has 0 radical (unpaired) electrons. The zero-order valence-electron chi connectivity index (χ0n) is 13.3. The molecule has 0 bridgehead atoms. The molecular formula is C17H22N4O2. The molecule has 1 aliphatic heterocycles. The molecule has 1 saturated heterocycles. The maximum Gasteiger partial charge on any atom is 0.256 e. The highest BCUT2D eigenvalue weighted by molar-refractivity contribution is 5.97. The lowest BCUT2D eigenvalue weighted by molar-refractivity contribution is 0.0554. The standard InChI is InChI=1S/C17H22N4O2/c1-14(22)13-19-9-11-20(12-10-19)17(23)15-5-2-3-6-16(15)21-8-4-7-18-21/h2-8,14,22H,9-13H2,1H3. The average Bonchev–Trinajstić information content (AvgIpc) is 3.09. The average molecular weight is 314 g/mol. The molecule has 6 heteroatoms. The summed E-state index contributed by atoms with van der Waals surface area (Å²) in [4.78, 5) is 16.9. The van der Waals surface area contributed by atoms with Gasteiger partial charge in [-0.1, -0.05) is 12.1 Å². The van der Waals surface area contributed by atoms with E-state index in [9.17, 15) is 9.90 Å². The summed E-state index contributed by atoms with van der Waals surface area (Å²) in [5.41, 5.74) is 1.47. The van der Waals surface area contributed by atoms with Gasteiger partial charge in [0.2, 0.25) is 0 Å². The minimum absolute atomic E-state index is 0.0350. The van der Waals surface area contributed by atoms with E-state index in [1.54, 1.807) is 17.8 Å². The number of piperazine rings is 1. The fourth-order valence-corrected chi connectivity index (χ4v) is 2.94. The number of aromatic nitrogens is 2. The Morgan fingerprint density at radius 1 is 1.22 bits per heavy atom. The number of nitrogens with zero attached hydrogens (tertiary/aromatic N) is 4. The smallest absolute Gasteiger partial charge is 0.256 e. The van der Waals surface area contributed by atoms with Gasteiger partial charge in [-0.25, -0.2) is 4.68 Å². The van der Waals surface area contributed by atoms with Crippen molar-refractivity contribution in [3.05, 3.63) is 48.3 Å². The Kier molecular flexibility index (Phi) is 4.73. The third-order valence-electron chi connectivity index (χ3n) is 4.07. The molecule has 2 aromatic rings. The largest absolute Gasteiger partial charge is 0.392 e. The summed E-state index contributed by atoms with van der Waals surface area (Å²) in [6.45, 7) is 5.39. The number of carbonyl (C=O) groups is 1. The molecule has 0 spiro atoms. The first-order chi connectivity index (χ1) is 11.1. The summed E-state index contributed by atoms with van der Waals surface area (Å²) >= 11 is 0. The molecule has 1 amide bonds. The SMILES string of the molecule is CC(O)CN1CCN(C(=O)c2ccccc2-n2cccn2)CC1. The van der Waals surface area contributed by atoms with Crippen molar-refractivity contribution in [1.82, 2.24) is 19.6 Å². The van der Waals surface area contributed by atoms with Gasteiger partial charge in [-0.05, 0) is 25.1 Å². The molecular weight excluding hydrogens is 292 g/mol. The van der Waals surface area contributed by atoms with E-state index < -0.39 is 0 Å². The number of para-hydroxylation sites is 1. The summed E-state index contributed by atoms with van der Waals surface area (Å²) in [7, 11) is 0. The van der Waals surface area contributed by atoms with Crippen LogP contribution in [0.3, 0.4) is 0 Å². The van der Waals surface area contributed by atoms with Gasteiger partial charge in [-0.15, -0.1) is 0 Å². The van der Waals surface area contributed by atoms with Crippen molar-refractivity contribution in [2.75, 3.05) is 32.7 Å². The predicted molar refractivity (Wildman–Crippen MR) is 87.6 cm³/mol. The second kappa shape index (κ2) is 6.93. The molecule has 0 saturated carbocycles. The highest BCUT2D eigenvalue weighted by Crippen LogP contribution is 2.17. The molecule has 0 aliphatic carbocycles. The molecule has 23 heavy (non-hydrogen) atoms.